The average Bonchev–Trinajstić information content (AvgIpc) is 2.69. The predicted octanol–water partition coefficient (Wildman–Crippen LogP) is 0.255. The number of piperidine rings is 1. The van der Waals surface area contributed by atoms with E-state index in [1.54, 1.807) is 0 Å². The largest absolute Gasteiger partial charge is 0.390 e. The van der Waals surface area contributed by atoms with Crippen molar-refractivity contribution in [1.29, 1.82) is 0 Å². The van der Waals surface area contributed by atoms with Crippen LogP contribution in [0.4, 0.5) is 0 Å². The molecule has 0 saturated carbocycles. The summed E-state index contributed by atoms with van der Waals surface area (Å²) in [7, 11) is 2.16. The molecule has 2 rings (SSSR count). The van der Waals surface area contributed by atoms with Gasteiger partial charge in [-0.05, 0) is 26.4 Å². The lowest BCUT2D eigenvalue weighted by atomic mass is 10.0. The Balaban J connectivity index is 1.95. The first-order chi connectivity index (χ1) is 7.29. The normalized spacial score (nSPS) is 23.2. The van der Waals surface area contributed by atoms with Crippen molar-refractivity contribution in [1.82, 2.24) is 19.9 Å². The van der Waals surface area contributed by atoms with E-state index >= 15 is 0 Å². The molecule has 2 heterocycles. The predicted molar refractivity (Wildman–Crippen MR) is 56.2 cm³/mol. The van der Waals surface area contributed by atoms with Gasteiger partial charge in [-0.15, -0.1) is 5.10 Å². The van der Waals surface area contributed by atoms with E-state index in [-0.39, 0.29) is 6.61 Å². The summed E-state index contributed by atoms with van der Waals surface area (Å²) in [5.41, 5.74) is 0.647. The van der Waals surface area contributed by atoms with Crippen LogP contribution in [0.3, 0.4) is 0 Å². The number of likely N-dealkylation sites (tertiary alicyclic amines) is 1. The summed E-state index contributed by atoms with van der Waals surface area (Å²) in [4.78, 5) is 2.38. The number of hydrogen-bond donors (Lipinski definition) is 1. The Labute approximate surface area is 89.7 Å². The molecule has 0 amide bonds. The van der Waals surface area contributed by atoms with Crippen molar-refractivity contribution < 1.29 is 5.11 Å². The summed E-state index contributed by atoms with van der Waals surface area (Å²) in [6.07, 6.45) is 5.65. The van der Waals surface area contributed by atoms with E-state index < -0.39 is 0 Å². The number of aliphatic hydroxyl groups excluding tert-OH is 1. The topological polar surface area (TPSA) is 54.2 Å². The zero-order valence-electron chi connectivity index (χ0n) is 9.13. The minimum atomic E-state index is -0.0273. The number of hydrogen-bond acceptors (Lipinski definition) is 4. The number of nitrogens with zero attached hydrogens (tertiary/aromatic N) is 4. The summed E-state index contributed by atoms with van der Waals surface area (Å²) in [6.45, 7) is 2.02. The first-order valence-corrected chi connectivity index (χ1v) is 5.49. The van der Waals surface area contributed by atoms with Crippen molar-refractivity contribution in [3.8, 4) is 0 Å². The number of aromatic nitrogens is 3. The molecule has 5 nitrogen and oxygen atoms in total. The van der Waals surface area contributed by atoms with Gasteiger partial charge in [0.25, 0.3) is 0 Å². The first-order valence-electron chi connectivity index (χ1n) is 5.49. The number of rotatable bonds is 3. The Bertz CT molecular complexity index is 312. The molecule has 1 atom stereocenters. The molecule has 5 heteroatoms. The van der Waals surface area contributed by atoms with Crippen LogP contribution in [-0.4, -0.2) is 44.6 Å². The summed E-state index contributed by atoms with van der Waals surface area (Å²) < 4.78 is 1.83. The summed E-state index contributed by atoms with van der Waals surface area (Å²) in [6, 6.07) is 0.562. The highest BCUT2D eigenvalue weighted by atomic mass is 16.3. The van der Waals surface area contributed by atoms with E-state index in [1.165, 1.54) is 25.8 Å². The van der Waals surface area contributed by atoms with E-state index in [0.717, 1.165) is 6.54 Å². The lowest BCUT2D eigenvalue weighted by molar-refractivity contribution is 0.162. The first kappa shape index (κ1) is 10.6. The molecule has 0 radical (unpaired) electrons. The van der Waals surface area contributed by atoms with Crippen molar-refractivity contribution in [3.63, 3.8) is 0 Å². The third-order valence-electron chi connectivity index (χ3n) is 3.07. The highest BCUT2D eigenvalue weighted by Gasteiger charge is 2.19. The standard InChI is InChI=1S/C10H18N4O/c1-13-5-3-2-4-10(13)7-14-6-9(8-15)11-12-14/h6,10,15H,2-5,7-8H2,1H3/t10-/m1/s1. The van der Waals surface area contributed by atoms with Gasteiger partial charge >= 0.3 is 0 Å². The van der Waals surface area contributed by atoms with Crippen LogP contribution < -0.4 is 0 Å². The second-order valence-corrected chi connectivity index (χ2v) is 4.22. The van der Waals surface area contributed by atoms with Crippen molar-refractivity contribution in [2.75, 3.05) is 13.6 Å². The highest BCUT2D eigenvalue weighted by Crippen LogP contribution is 2.16. The summed E-state index contributed by atoms with van der Waals surface area (Å²) >= 11 is 0. The molecule has 0 unspecified atom stereocenters. The summed E-state index contributed by atoms with van der Waals surface area (Å²) in [5, 5.41) is 16.7. The molecule has 0 spiro atoms. The number of aliphatic hydroxyl groups is 1. The third-order valence-corrected chi connectivity index (χ3v) is 3.07. The van der Waals surface area contributed by atoms with Crippen LogP contribution in [-0.2, 0) is 13.2 Å². The molecule has 1 aromatic rings. The smallest absolute Gasteiger partial charge is 0.108 e. The third kappa shape index (κ3) is 2.54. The van der Waals surface area contributed by atoms with Gasteiger partial charge < -0.3 is 10.0 Å². The maximum atomic E-state index is 8.88. The van der Waals surface area contributed by atoms with Gasteiger partial charge in [0.2, 0.25) is 0 Å². The zero-order valence-corrected chi connectivity index (χ0v) is 9.13. The Morgan fingerprint density at radius 2 is 2.40 bits per heavy atom. The van der Waals surface area contributed by atoms with Crippen LogP contribution in [0.5, 0.6) is 0 Å². The van der Waals surface area contributed by atoms with Gasteiger partial charge in [-0.1, -0.05) is 11.6 Å². The second kappa shape index (κ2) is 4.72. The van der Waals surface area contributed by atoms with Crippen LogP contribution >= 0.6 is 0 Å². The molecule has 1 saturated heterocycles. The van der Waals surface area contributed by atoms with Crippen molar-refractivity contribution in [3.05, 3.63) is 11.9 Å². The fourth-order valence-electron chi connectivity index (χ4n) is 2.09. The van der Waals surface area contributed by atoms with E-state index in [9.17, 15) is 0 Å². The Morgan fingerprint density at radius 3 is 3.07 bits per heavy atom. The van der Waals surface area contributed by atoms with Gasteiger partial charge in [-0.3, -0.25) is 4.68 Å². The minimum absolute atomic E-state index is 0.0273. The fourth-order valence-corrected chi connectivity index (χ4v) is 2.09. The second-order valence-electron chi connectivity index (χ2n) is 4.22. The molecule has 1 fully saturated rings. The Hall–Kier alpha value is -0.940. The molecule has 1 aliphatic heterocycles. The molecule has 1 N–H and O–H groups in total. The van der Waals surface area contributed by atoms with Gasteiger partial charge in [-0.2, -0.15) is 0 Å². The number of likely N-dealkylation sites (N-methyl/N-ethyl adjacent to an activating group) is 1. The Kier molecular flexibility index (Phi) is 3.33. The van der Waals surface area contributed by atoms with Crippen molar-refractivity contribution in [2.24, 2.45) is 0 Å². The molecule has 0 aliphatic carbocycles. The van der Waals surface area contributed by atoms with Crippen LogP contribution in [0.15, 0.2) is 6.20 Å². The van der Waals surface area contributed by atoms with Crippen LogP contribution in [0.1, 0.15) is 25.0 Å². The Morgan fingerprint density at radius 1 is 1.53 bits per heavy atom. The molecule has 0 bridgehead atoms. The van der Waals surface area contributed by atoms with Crippen molar-refractivity contribution >= 4 is 0 Å². The van der Waals surface area contributed by atoms with E-state index in [1.807, 2.05) is 10.9 Å². The van der Waals surface area contributed by atoms with Gasteiger partial charge in [0.15, 0.2) is 0 Å². The fraction of sp³-hybridized carbons (Fsp3) is 0.800. The SMILES string of the molecule is CN1CCCC[C@@H]1Cn1cc(CO)nn1. The maximum Gasteiger partial charge on any atom is 0.108 e. The minimum Gasteiger partial charge on any atom is -0.390 e. The van der Waals surface area contributed by atoms with Gasteiger partial charge in [-0.25, -0.2) is 0 Å². The van der Waals surface area contributed by atoms with Crippen LogP contribution in [0.2, 0.25) is 0 Å². The van der Waals surface area contributed by atoms with Gasteiger partial charge in [0.05, 0.1) is 19.3 Å². The quantitative estimate of drug-likeness (QED) is 0.777. The molecular weight excluding hydrogens is 192 g/mol. The maximum absolute atomic E-state index is 8.88. The monoisotopic (exact) mass is 210 g/mol. The van der Waals surface area contributed by atoms with Crippen LogP contribution in [0.25, 0.3) is 0 Å². The van der Waals surface area contributed by atoms with E-state index in [2.05, 4.69) is 22.3 Å². The van der Waals surface area contributed by atoms with E-state index in [0.29, 0.717) is 11.7 Å². The van der Waals surface area contributed by atoms with Gasteiger partial charge in [0.1, 0.15) is 5.69 Å². The van der Waals surface area contributed by atoms with E-state index in [4.69, 9.17) is 5.11 Å². The molecule has 1 aliphatic rings. The highest BCUT2D eigenvalue weighted by molar-refractivity contribution is 4.89. The van der Waals surface area contributed by atoms with Crippen molar-refractivity contribution in [2.45, 2.75) is 38.5 Å². The van der Waals surface area contributed by atoms with Crippen LogP contribution in [0, 0.1) is 0 Å². The molecule has 84 valence electrons. The molecule has 0 aromatic carbocycles. The summed E-state index contributed by atoms with van der Waals surface area (Å²) in [5.74, 6) is 0. The molecule has 15 heavy (non-hydrogen) atoms. The van der Waals surface area contributed by atoms with Gasteiger partial charge in [0, 0.05) is 6.04 Å². The molecule has 1 aromatic heterocycles. The lowest BCUT2D eigenvalue weighted by Crippen LogP contribution is -2.39. The average molecular weight is 210 g/mol. The zero-order chi connectivity index (χ0) is 10.7. The molecular formula is C10H18N4O. The lowest BCUT2D eigenvalue weighted by Gasteiger charge is -2.32.